The van der Waals surface area contributed by atoms with E-state index in [0.717, 1.165) is 18.8 Å². The average Bonchev–Trinajstić information content (AvgIpc) is 2.65. The van der Waals surface area contributed by atoms with Crippen molar-refractivity contribution in [2.24, 2.45) is 13.0 Å². The average molecular weight is 209 g/mol. The molecule has 0 aliphatic heterocycles. The Kier molecular flexibility index (Phi) is 4.82. The van der Waals surface area contributed by atoms with Gasteiger partial charge in [-0.3, -0.25) is 0 Å². The molecular formula is C12H23N3. The van der Waals surface area contributed by atoms with E-state index in [1.54, 1.807) is 0 Å². The molecular weight excluding hydrogens is 186 g/mol. The van der Waals surface area contributed by atoms with Crippen molar-refractivity contribution in [2.45, 2.75) is 39.2 Å². The molecule has 0 aliphatic rings. The third-order valence-electron chi connectivity index (χ3n) is 3.30. The SMILES string of the molecule is CCC(C)C(CCc1nccn1C)NC. The predicted molar refractivity (Wildman–Crippen MR) is 63.8 cm³/mol. The standard InChI is InChI=1S/C12H23N3/c1-5-10(2)11(13-3)6-7-12-14-8-9-15(12)4/h8-11,13H,5-7H2,1-4H3. The van der Waals surface area contributed by atoms with Crippen LogP contribution in [0.2, 0.25) is 0 Å². The van der Waals surface area contributed by atoms with Crippen LogP contribution in [0.25, 0.3) is 0 Å². The first-order chi connectivity index (χ1) is 7.19. The zero-order valence-corrected chi connectivity index (χ0v) is 10.3. The quantitative estimate of drug-likeness (QED) is 0.776. The molecule has 0 aliphatic carbocycles. The number of nitrogens with zero attached hydrogens (tertiary/aromatic N) is 2. The highest BCUT2D eigenvalue weighted by Crippen LogP contribution is 2.13. The number of hydrogen-bond donors (Lipinski definition) is 1. The van der Waals surface area contributed by atoms with Crippen molar-refractivity contribution in [1.82, 2.24) is 14.9 Å². The fourth-order valence-corrected chi connectivity index (χ4v) is 1.92. The van der Waals surface area contributed by atoms with Gasteiger partial charge in [0.15, 0.2) is 0 Å². The number of imidazole rings is 1. The van der Waals surface area contributed by atoms with E-state index in [9.17, 15) is 0 Å². The maximum atomic E-state index is 4.34. The second-order valence-corrected chi connectivity index (χ2v) is 4.27. The first-order valence-corrected chi connectivity index (χ1v) is 5.82. The molecule has 0 saturated heterocycles. The fourth-order valence-electron chi connectivity index (χ4n) is 1.92. The van der Waals surface area contributed by atoms with Gasteiger partial charge in [-0.2, -0.15) is 0 Å². The summed E-state index contributed by atoms with van der Waals surface area (Å²) in [6, 6.07) is 0.603. The summed E-state index contributed by atoms with van der Waals surface area (Å²) in [7, 11) is 4.11. The van der Waals surface area contributed by atoms with E-state index in [1.165, 1.54) is 12.2 Å². The summed E-state index contributed by atoms with van der Waals surface area (Å²) in [5, 5.41) is 3.40. The van der Waals surface area contributed by atoms with Gasteiger partial charge in [-0.05, 0) is 19.4 Å². The van der Waals surface area contributed by atoms with E-state index >= 15 is 0 Å². The lowest BCUT2D eigenvalue weighted by Gasteiger charge is -2.22. The Morgan fingerprint density at radius 2 is 2.27 bits per heavy atom. The Labute approximate surface area is 92.9 Å². The molecule has 86 valence electrons. The third-order valence-corrected chi connectivity index (χ3v) is 3.30. The summed E-state index contributed by atoms with van der Waals surface area (Å²) >= 11 is 0. The van der Waals surface area contributed by atoms with E-state index in [1.807, 2.05) is 12.4 Å². The Morgan fingerprint density at radius 3 is 2.73 bits per heavy atom. The minimum absolute atomic E-state index is 0.603. The molecule has 1 aromatic heterocycles. The summed E-state index contributed by atoms with van der Waals surface area (Å²) in [4.78, 5) is 4.34. The van der Waals surface area contributed by atoms with Crippen molar-refractivity contribution in [3.63, 3.8) is 0 Å². The Bertz CT molecular complexity index is 280. The van der Waals surface area contributed by atoms with Crippen LogP contribution >= 0.6 is 0 Å². The number of hydrogen-bond acceptors (Lipinski definition) is 2. The molecule has 0 bridgehead atoms. The number of aryl methyl sites for hydroxylation is 2. The lowest BCUT2D eigenvalue weighted by atomic mass is 9.95. The van der Waals surface area contributed by atoms with Crippen LogP contribution in [0.3, 0.4) is 0 Å². The summed E-state index contributed by atoms with van der Waals surface area (Å²) in [6.07, 6.45) is 7.32. The van der Waals surface area contributed by atoms with Gasteiger partial charge in [-0.25, -0.2) is 4.98 Å². The molecule has 0 fully saturated rings. The highest BCUT2D eigenvalue weighted by molar-refractivity contribution is 4.92. The molecule has 0 spiro atoms. The lowest BCUT2D eigenvalue weighted by molar-refractivity contribution is 0.365. The summed E-state index contributed by atoms with van der Waals surface area (Å²) in [5.41, 5.74) is 0. The highest BCUT2D eigenvalue weighted by Gasteiger charge is 2.14. The smallest absolute Gasteiger partial charge is 0.108 e. The molecule has 15 heavy (non-hydrogen) atoms. The molecule has 1 heterocycles. The van der Waals surface area contributed by atoms with Gasteiger partial charge in [0.1, 0.15) is 5.82 Å². The molecule has 2 atom stereocenters. The van der Waals surface area contributed by atoms with Crippen LogP contribution in [0.4, 0.5) is 0 Å². The van der Waals surface area contributed by atoms with Gasteiger partial charge < -0.3 is 9.88 Å². The second-order valence-electron chi connectivity index (χ2n) is 4.27. The Morgan fingerprint density at radius 1 is 1.53 bits per heavy atom. The van der Waals surface area contributed by atoms with Crippen molar-refractivity contribution >= 4 is 0 Å². The minimum Gasteiger partial charge on any atom is -0.338 e. The van der Waals surface area contributed by atoms with Crippen molar-refractivity contribution in [1.29, 1.82) is 0 Å². The van der Waals surface area contributed by atoms with E-state index in [-0.39, 0.29) is 0 Å². The van der Waals surface area contributed by atoms with Crippen LogP contribution in [-0.2, 0) is 13.5 Å². The van der Waals surface area contributed by atoms with Crippen molar-refractivity contribution in [3.8, 4) is 0 Å². The molecule has 0 radical (unpaired) electrons. The van der Waals surface area contributed by atoms with Gasteiger partial charge in [-0.15, -0.1) is 0 Å². The maximum Gasteiger partial charge on any atom is 0.108 e. The molecule has 1 aromatic rings. The van der Waals surface area contributed by atoms with Crippen molar-refractivity contribution in [2.75, 3.05) is 7.05 Å². The zero-order chi connectivity index (χ0) is 11.3. The van der Waals surface area contributed by atoms with Gasteiger partial charge >= 0.3 is 0 Å². The van der Waals surface area contributed by atoms with Crippen LogP contribution < -0.4 is 5.32 Å². The van der Waals surface area contributed by atoms with E-state index in [4.69, 9.17) is 0 Å². The van der Waals surface area contributed by atoms with Gasteiger partial charge in [0, 0.05) is 31.9 Å². The Balaban J connectivity index is 2.44. The van der Waals surface area contributed by atoms with Crippen LogP contribution in [0.15, 0.2) is 12.4 Å². The number of nitrogens with one attached hydrogen (secondary N) is 1. The number of rotatable bonds is 6. The van der Waals surface area contributed by atoms with Crippen LogP contribution in [0, 0.1) is 5.92 Å². The topological polar surface area (TPSA) is 29.9 Å². The van der Waals surface area contributed by atoms with Crippen LogP contribution in [-0.4, -0.2) is 22.6 Å². The molecule has 0 amide bonds. The highest BCUT2D eigenvalue weighted by atomic mass is 15.0. The van der Waals surface area contributed by atoms with Crippen molar-refractivity contribution < 1.29 is 0 Å². The van der Waals surface area contributed by atoms with E-state index in [0.29, 0.717) is 6.04 Å². The maximum absolute atomic E-state index is 4.34. The molecule has 1 rings (SSSR count). The van der Waals surface area contributed by atoms with Gasteiger partial charge in [0.25, 0.3) is 0 Å². The molecule has 3 nitrogen and oxygen atoms in total. The van der Waals surface area contributed by atoms with Crippen LogP contribution in [0.5, 0.6) is 0 Å². The van der Waals surface area contributed by atoms with Gasteiger partial charge in [-0.1, -0.05) is 20.3 Å². The first-order valence-electron chi connectivity index (χ1n) is 5.82. The molecule has 0 saturated carbocycles. The van der Waals surface area contributed by atoms with Crippen molar-refractivity contribution in [3.05, 3.63) is 18.2 Å². The van der Waals surface area contributed by atoms with Gasteiger partial charge in [0.05, 0.1) is 0 Å². The summed E-state index contributed by atoms with van der Waals surface area (Å²) in [6.45, 7) is 4.55. The molecule has 2 unspecified atom stereocenters. The molecule has 3 heteroatoms. The van der Waals surface area contributed by atoms with E-state index in [2.05, 4.69) is 42.8 Å². The second kappa shape index (κ2) is 5.91. The fraction of sp³-hybridized carbons (Fsp3) is 0.750. The molecule has 0 aromatic carbocycles. The summed E-state index contributed by atoms with van der Waals surface area (Å²) in [5.74, 6) is 1.91. The monoisotopic (exact) mass is 209 g/mol. The number of aromatic nitrogens is 2. The first kappa shape index (κ1) is 12.2. The largest absolute Gasteiger partial charge is 0.338 e. The van der Waals surface area contributed by atoms with Gasteiger partial charge in [0.2, 0.25) is 0 Å². The zero-order valence-electron chi connectivity index (χ0n) is 10.3. The normalized spacial score (nSPS) is 15.2. The minimum atomic E-state index is 0.603. The lowest BCUT2D eigenvalue weighted by Crippen LogP contribution is -2.32. The summed E-state index contributed by atoms with van der Waals surface area (Å²) < 4.78 is 2.10. The predicted octanol–water partition coefficient (Wildman–Crippen LogP) is 1.99. The Hall–Kier alpha value is -0.830. The van der Waals surface area contributed by atoms with Crippen LogP contribution in [0.1, 0.15) is 32.5 Å². The third kappa shape index (κ3) is 3.34. The molecule has 1 N–H and O–H groups in total. The van der Waals surface area contributed by atoms with E-state index < -0.39 is 0 Å².